The number of nitrogens with zero attached hydrogens (tertiary/aromatic N) is 3. The van der Waals surface area contributed by atoms with Gasteiger partial charge in [0, 0.05) is 4.91 Å². The van der Waals surface area contributed by atoms with Gasteiger partial charge in [-0.1, -0.05) is 41.5 Å². The van der Waals surface area contributed by atoms with Gasteiger partial charge in [0.15, 0.2) is 0 Å². The van der Waals surface area contributed by atoms with Crippen molar-refractivity contribution in [1.29, 1.82) is 0 Å². The molecule has 0 spiro atoms. The van der Waals surface area contributed by atoms with Gasteiger partial charge in [0.2, 0.25) is 0 Å². The zero-order chi connectivity index (χ0) is 11.4. The van der Waals surface area contributed by atoms with Gasteiger partial charge in [-0.05, 0) is 27.9 Å². The Morgan fingerprint density at radius 1 is 1.19 bits per heavy atom. The number of hydrogen-bond donors (Lipinski definition) is 1. The van der Waals surface area contributed by atoms with Gasteiger partial charge in [-0.2, -0.15) is 0 Å². The highest BCUT2D eigenvalue weighted by molar-refractivity contribution is 5.83. The Morgan fingerprint density at radius 3 is 2.69 bits per heavy atom. The molecule has 0 aliphatic rings. The van der Waals surface area contributed by atoms with Crippen LogP contribution < -0.4 is 0 Å². The standard InChI is InChI=1S/C12H11N3O/c13-15-14-8-12(16)11-6-5-9-3-1-2-4-10(9)7-11/h1-7,12,16H,8H2/t12-/m1/s1. The van der Waals surface area contributed by atoms with E-state index in [0.717, 1.165) is 16.3 Å². The van der Waals surface area contributed by atoms with Crippen LogP contribution in [-0.4, -0.2) is 11.7 Å². The van der Waals surface area contributed by atoms with E-state index in [-0.39, 0.29) is 6.54 Å². The summed E-state index contributed by atoms with van der Waals surface area (Å²) in [5.74, 6) is 0. The van der Waals surface area contributed by atoms with Crippen LogP contribution in [0.15, 0.2) is 47.6 Å². The average Bonchev–Trinajstić information content (AvgIpc) is 2.35. The fourth-order valence-electron chi connectivity index (χ4n) is 1.63. The quantitative estimate of drug-likeness (QED) is 0.474. The molecule has 2 aromatic carbocycles. The molecule has 2 rings (SSSR count). The minimum atomic E-state index is -0.736. The number of benzene rings is 2. The summed E-state index contributed by atoms with van der Waals surface area (Å²) in [7, 11) is 0. The molecule has 0 aromatic heterocycles. The molecule has 0 aliphatic carbocycles. The van der Waals surface area contributed by atoms with Crippen LogP contribution in [0.5, 0.6) is 0 Å². The van der Waals surface area contributed by atoms with Gasteiger partial charge < -0.3 is 5.11 Å². The van der Waals surface area contributed by atoms with Crippen LogP contribution in [0.1, 0.15) is 11.7 Å². The molecule has 80 valence electrons. The molecule has 0 saturated carbocycles. The minimum Gasteiger partial charge on any atom is -0.388 e. The molecular weight excluding hydrogens is 202 g/mol. The molecule has 16 heavy (non-hydrogen) atoms. The second-order valence-corrected chi connectivity index (χ2v) is 3.54. The van der Waals surface area contributed by atoms with Crippen molar-refractivity contribution in [2.45, 2.75) is 6.10 Å². The topological polar surface area (TPSA) is 69.0 Å². The van der Waals surface area contributed by atoms with E-state index in [0.29, 0.717) is 0 Å². The van der Waals surface area contributed by atoms with Gasteiger partial charge >= 0.3 is 0 Å². The number of aliphatic hydroxyl groups is 1. The van der Waals surface area contributed by atoms with Crippen molar-refractivity contribution in [3.05, 3.63) is 58.5 Å². The molecule has 0 bridgehead atoms. The van der Waals surface area contributed by atoms with Crippen molar-refractivity contribution in [1.82, 2.24) is 0 Å². The predicted molar refractivity (Wildman–Crippen MR) is 62.9 cm³/mol. The first kappa shape index (κ1) is 10.5. The van der Waals surface area contributed by atoms with Crippen LogP contribution in [0.2, 0.25) is 0 Å². The molecule has 0 amide bonds. The SMILES string of the molecule is [N-]=[N+]=NC[C@@H](O)c1ccc2ccccc2c1. The van der Waals surface area contributed by atoms with Crippen molar-refractivity contribution in [3.63, 3.8) is 0 Å². The Labute approximate surface area is 92.8 Å². The smallest absolute Gasteiger partial charge is 0.0846 e. The maximum absolute atomic E-state index is 9.75. The number of aliphatic hydroxyl groups excluding tert-OH is 1. The fourth-order valence-corrected chi connectivity index (χ4v) is 1.63. The number of hydrogen-bond acceptors (Lipinski definition) is 2. The summed E-state index contributed by atoms with van der Waals surface area (Å²) in [5, 5.41) is 15.3. The van der Waals surface area contributed by atoms with Gasteiger partial charge in [0.25, 0.3) is 0 Å². The molecule has 0 fully saturated rings. The average molecular weight is 213 g/mol. The van der Waals surface area contributed by atoms with Crippen molar-refractivity contribution in [2.24, 2.45) is 5.11 Å². The Morgan fingerprint density at radius 2 is 1.94 bits per heavy atom. The first-order valence-electron chi connectivity index (χ1n) is 4.99. The highest BCUT2D eigenvalue weighted by atomic mass is 16.3. The fraction of sp³-hybridized carbons (Fsp3) is 0.167. The second kappa shape index (κ2) is 4.66. The first-order valence-corrected chi connectivity index (χ1v) is 4.99. The molecule has 1 atom stereocenters. The summed E-state index contributed by atoms with van der Waals surface area (Å²) in [6.45, 7) is 0.0643. The lowest BCUT2D eigenvalue weighted by atomic mass is 10.0. The van der Waals surface area contributed by atoms with Crippen LogP contribution in [0.25, 0.3) is 21.2 Å². The molecule has 0 saturated heterocycles. The number of fused-ring (bicyclic) bond motifs is 1. The van der Waals surface area contributed by atoms with Crippen molar-refractivity contribution < 1.29 is 5.11 Å². The minimum absolute atomic E-state index is 0.0643. The van der Waals surface area contributed by atoms with Crippen LogP contribution in [0, 0.1) is 0 Å². The van der Waals surface area contributed by atoms with Crippen LogP contribution in [0.3, 0.4) is 0 Å². The van der Waals surface area contributed by atoms with Crippen molar-refractivity contribution >= 4 is 10.8 Å². The van der Waals surface area contributed by atoms with E-state index in [1.807, 2.05) is 42.5 Å². The monoisotopic (exact) mass is 213 g/mol. The highest BCUT2D eigenvalue weighted by Crippen LogP contribution is 2.20. The molecule has 1 N–H and O–H groups in total. The highest BCUT2D eigenvalue weighted by Gasteiger charge is 2.06. The van der Waals surface area contributed by atoms with E-state index in [1.54, 1.807) is 0 Å². The van der Waals surface area contributed by atoms with Crippen LogP contribution >= 0.6 is 0 Å². The van der Waals surface area contributed by atoms with Crippen molar-refractivity contribution in [3.8, 4) is 0 Å². The molecular formula is C12H11N3O. The van der Waals surface area contributed by atoms with Crippen molar-refractivity contribution in [2.75, 3.05) is 6.54 Å². The van der Waals surface area contributed by atoms with E-state index in [1.165, 1.54) is 0 Å². The molecule has 4 nitrogen and oxygen atoms in total. The van der Waals surface area contributed by atoms with E-state index >= 15 is 0 Å². The molecule has 2 aromatic rings. The maximum Gasteiger partial charge on any atom is 0.0846 e. The zero-order valence-electron chi connectivity index (χ0n) is 8.61. The van der Waals surface area contributed by atoms with Gasteiger partial charge in [0.05, 0.1) is 12.6 Å². The summed E-state index contributed by atoms with van der Waals surface area (Å²) < 4.78 is 0. The van der Waals surface area contributed by atoms with E-state index in [2.05, 4.69) is 10.0 Å². The van der Waals surface area contributed by atoms with E-state index in [4.69, 9.17) is 5.53 Å². The largest absolute Gasteiger partial charge is 0.388 e. The molecule has 0 aliphatic heterocycles. The Bertz CT molecular complexity index is 547. The van der Waals surface area contributed by atoms with Gasteiger partial charge in [-0.3, -0.25) is 0 Å². The molecule has 0 heterocycles. The lowest BCUT2D eigenvalue weighted by molar-refractivity contribution is 0.187. The van der Waals surface area contributed by atoms with Gasteiger partial charge in [-0.15, -0.1) is 0 Å². The predicted octanol–water partition coefficient (Wildman–Crippen LogP) is 3.18. The third-order valence-corrected chi connectivity index (χ3v) is 2.48. The first-order chi connectivity index (χ1) is 7.81. The van der Waals surface area contributed by atoms with E-state index in [9.17, 15) is 5.11 Å². The third-order valence-electron chi connectivity index (χ3n) is 2.48. The van der Waals surface area contributed by atoms with E-state index < -0.39 is 6.10 Å². The second-order valence-electron chi connectivity index (χ2n) is 3.54. The number of azide groups is 1. The Kier molecular flexibility index (Phi) is 3.05. The summed E-state index contributed by atoms with van der Waals surface area (Å²) in [6, 6.07) is 13.6. The molecule has 0 radical (unpaired) electrons. The van der Waals surface area contributed by atoms with Gasteiger partial charge in [0.1, 0.15) is 0 Å². The molecule has 4 heteroatoms. The molecule has 0 unspecified atom stereocenters. The zero-order valence-corrected chi connectivity index (χ0v) is 8.61. The Balaban J connectivity index is 2.35. The summed E-state index contributed by atoms with van der Waals surface area (Å²) in [5.41, 5.74) is 8.95. The van der Waals surface area contributed by atoms with Crippen LogP contribution in [-0.2, 0) is 0 Å². The lowest BCUT2D eigenvalue weighted by Crippen LogP contribution is -2.00. The van der Waals surface area contributed by atoms with Gasteiger partial charge in [-0.25, -0.2) is 0 Å². The number of rotatable bonds is 3. The maximum atomic E-state index is 9.75. The van der Waals surface area contributed by atoms with Crippen LogP contribution in [0.4, 0.5) is 0 Å². The normalized spacial score (nSPS) is 12.1. The third kappa shape index (κ3) is 2.14. The summed E-state index contributed by atoms with van der Waals surface area (Å²) >= 11 is 0. The lowest BCUT2D eigenvalue weighted by Gasteiger charge is -2.08. The summed E-state index contributed by atoms with van der Waals surface area (Å²) in [6.07, 6.45) is -0.736. The Hall–Kier alpha value is -2.03. The summed E-state index contributed by atoms with van der Waals surface area (Å²) in [4.78, 5) is 2.63.